The first-order valence-corrected chi connectivity index (χ1v) is 9.91. The Hall–Kier alpha value is -2.00. The van der Waals surface area contributed by atoms with Crippen LogP contribution in [0.25, 0.3) is 0 Å². The molecule has 1 spiro atoms. The summed E-state index contributed by atoms with van der Waals surface area (Å²) in [6, 6.07) is 6.48. The molecule has 150 valence electrons. The molecule has 0 saturated carbocycles. The smallest absolute Gasteiger partial charge is 0.185 e. The fourth-order valence-corrected chi connectivity index (χ4v) is 4.28. The van der Waals surface area contributed by atoms with Gasteiger partial charge in [0.2, 0.25) is 0 Å². The number of rotatable bonds is 2. The zero-order valence-electron chi connectivity index (χ0n) is 17.8. The highest BCUT2D eigenvalue weighted by atomic mass is 19.1. The van der Waals surface area contributed by atoms with Gasteiger partial charge in [0.25, 0.3) is 0 Å². The van der Waals surface area contributed by atoms with E-state index in [1.807, 2.05) is 6.08 Å². The number of carbonyl (C=O) groups excluding carboxylic acids is 1. The largest absolute Gasteiger partial charge is 0.372 e. The Balaban J connectivity index is 2.28. The molecule has 1 saturated heterocycles. The SMILES string of the molecule is C=C[C@H]1CO[C@H](c2ccc(F)cc2)C12C=C(C(C)(C)C)C(=O)C(C(C)(C)C)=C2. The van der Waals surface area contributed by atoms with Crippen LogP contribution in [0.15, 0.2) is 60.2 Å². The monoisotopic (exact) mass is 382 g/mol. The normalized spacial score (nSPS) is 24.9. The standard InChI is InChI=1S/C25H31FO2/c1-8-17-15-28-22(16-9-11-18(26)12-10-16)25(17)13-19(23(2,3)4)21(27)20(14-25)24(5,6)7/h8-14,17,22H,1,15H2,2-7H3/t17-,22+/m0/s1. The van der Waals surface area contributed by atoms with Crippen molar-refractivity contribution in [1.29, 1.82) is 0 Å². The zero-order chi connectivity index (χ0) is 20.9. The second-order valence-electron chi connectivity index (χ2n) is 10.1. The van der Waals surface area contributed by atoms with Crippen LogP contribution in [-0.2, 0) is 9.53 Å². The van der Waals surface area contributed by atoms with E-state index < -0.39 is 5.41 Å². The number of halogens is 1. The van der Waals surface area contributed by atoms with Crippen LogP contribution >= 0.6 is 0 Å². The van der Waals surface area contributed by atoms with E-state index in [0.29, 0.717) is 6.61 Å². The third-order valence-electron chi connectivity index (χ3n) is 5.89. The van der Waals surface area contributed by atoms with Crippen molar-refractivity contribution >= 4 is 5.78 Å². The first-order chi connectivity index (χ1) is 12.9. The molecule has 3 rings (SSSR count). The Morgan fingerprint density at radius 2 is 1.54 bits per heavy atom. The van der Waals surface area contributed by atoms with Gasteiger partial charge < -0.3 is 4.74 Å². The van der Waals surface area contributed by atoms with E-state index in [0.717, 1.165) is 16.7 Å². The molecule has 1 aliphatic heterocycles. The molecule has 1 heterocycles. The first-order valence-electron chi connectivity index (χ1n) is 9.91. The third kappa shape index (κ3) is 3.41. The average molecular weight is 383 g/mol. The number of benzene rings is 1. The van der Waals surface area contributed by atoms with E-state index >= 15 is 0 Å². The van der Waals surface area contributed by atoms with E-state index in [1.165, 1.54) is 12.1 Å². The van der Waals surface area contributed by atoms with Crippen LogP contribution in [0.5, 0.6) is 0 Å². The van der Waals surface area contributed by atoms with Gasteiger partial charge >= 0.3 is 0 Å². The number of hydrogen-bond acceptors (Lipinski definition) is 2. The Kier molecular flexibility index (Phi) is 5.04. The fourth-order valence-electron chi connectivity index (χ4n) is 4.28. The lowest BCUT2D eigenvalue weighted by Crippen LogP contribution is -2.37. The number of ether oxygens (including phenoxy) is 1. The summed E-state index contributed by atoms with van der Waals surface area (Å²) in [7, 11) is 0. The molecular formula is C25H31FO2. The van der Waals surface area contributed by atoms with Gasteiger partial charge in [-0.2, -0.15) is 0 Å². The van der Waals surface area contributed by atoms with E-state index in [1.54, 1.807) is 12.1 Å². The summed E-state index contributed by atoms with van der Waals surface area (Å²) in [6.07, 6.45) is 5.85. The molecule has 0 aromatic heterocycles. The maximum atomic E-state index is 13.5. The quantitative estimate of drug-likeness (QED) is 0.568. The van der Waals surface area contributed by atoms with Gasteiger partial charge in [-0.15, -0.1) is 6.58 Å². The van der Waals surface area contributed by atoms with Crippen molar-refractivity contribution in [3.05, 3.63) is 71.6 Å². The van der Waals surface area contributed by atoms with E-state index in [4.69, 9.17) is 4.74 Å². The molecule has 2 aliphatic rings. The molecule has 0 N–H and O–H groups in total. The van der Waals surface area contributed by atoms with Crippen molar-refractivity contribution in [3.63, 3.8) is 0 Å². The minimum atomic E-state index is -0.515. The maximum absolute atomic E-state index is 13.5. The third-order valence-corrected chi connectivity index (χ3v) is 5.89. The summed E-state index contributed by atoms with van der Waals surface area (Å²) >= 11 is 0. The number of ketones is 1. The molecule has 1 aromatic carbocycles. The average Bonchev–Trinajstić information content (AvgIpc) is 2.93. The Morgan fingerprint density at radius 1 is 1.04 bits per heavy atom. The van der Waals surface area contributed by atoms with Gasteiger partial charge in [0.05, 0.1) is 12.7 Å². The molecule has 1 fully saturated rings. The van der Waals surface area contributed by atoms with E-state index in [-0.39, 0.29) is 34.5 Å². The predicted octanol–water partition coefficient (Wildman–Crippen LogP) is 6.21. The van der Waals surface area contributed by atoms with Crippen molar-refractivity contribution in [1.82, 2.24) is 0 Å². The van der Waals surface area contributed by atoms with Crippen LogP contribution in [0.1, 0.15) is 53.2 Å². The maximum Gasteiger partial charge on any atom is 0.185 e. The summed E-state index contributed by atoms with van der Waals surface area (Å²) in [4.78, 5) is 13.4. The fraction of sp³-hybridized carbons (Fsp3) is 0.480. The predicted molar refractivity (Wildman–Crippen MR) is 111 cm³/mol. The highest BCUT2D eigenvalue weighted by molar-refractivity contribution is 6.11. The van der Waals surface area contributed by atoms with Crippen LogP contribution in [0, 0.1) is 28.0 Å². The zero-order valence-corrected chi connectivity index (χ0v) is 17.8. The van der Waals surface area contributed by atoms with Gasteiger partial charge in [0.1, 0.15) is 5.82 Å². The van der Waals surface area contributed by atoms with Crippen LogP contribution in [0.3, 0.4) is 0 Å². The first kappa shape index (κ1) is 20.7. The van der Waals surface area contributed by atoms with Crippen molar-refractivity contribution in [3.8, 4) is 0 Å². The molecular weight excluding hydrogens is 351 g/mol. The second kappa shape index (κ2) is 6.81. The van der Waals surface area contributed by atoms with Crippen LogP contribution in [0.2, 0.25) is 0 Å². The minimum absolute atomic E-state index is 0.0327. The Morgan fingerprint density at radius 3 is 1.96 bits per heavy atom. The number of carbonyl (C=O) groups is 1. The Bertz CT molecular complexity index is 810. The van der Waals surface area contributed by atoms with Gasteiger partial charge in [-0.25, -0.2) is 4.39 Å². The number of hydrogen-bond donors (Lipinski definition) is 0. The summed E-state index contributed by atoms with van der Waals surface area (Å²) < 4.78 is 19.8. The molecule has 0 bridgehead atoms. The highest BCUT2D eigenvalue weighted by Gasteiger charge is 2.52. The molecule has 0 amide bonds. The van der Waals surface area contributed by atoms with Crippen molar-refractivity contribution in [2.24, 2.45) is 22.2 Å². The van der Waals surface area contributed by atoms with Crippen LogP contribution < -0.4 is 0 Å². The summed E-state index contributed by atoms with van der Waals surface area (Å²) in [5.74, 6) is -0.129. The van der Waals surface area contributed by atoms with Gasteiger partial charge in [-0.3, -0.25) is 4.79 Å². The van der Waals surface area contributed by atoms with Gasteiger partial charge in [-0.05, 0) is 28.5 Å². The van der Waals surface area contributed by atoms with Gasteiger partial charge in [0.15, 0.2) is 5.78 Å². The molecule has 2 nitrogen and oxygen atoms in total. The molecule has 28 heavy (non-hydrogen) atoms. The topological polar surface area (TPSA) is 26.3 Å². The molecule has 0 unspecified atom stereocenters. The van der Waals surface area contributed by atoms with Crippen LogP contribution in [0.4, 0.5) is 4.39 Å². The lowest BCUT2D eigenvalue weighted by molar-refractivity contribution is -0.114. The van der Waals surface area contributed by atoms with Gasteiger partial charge in [-0.1, -0.05) is 71.9 Å². The summed E-state index contributed by atoms with van der Waals surface area (Å²) in [6.45, 7) is 17.0. The molecule has 2 atom stereocenters. The number of allylic oxidation sites excluding steroid dienone is 2. The van der Waals surface area contributed by atoms with E-state index in [9.17, 15) is 9.18 Å². The summed E-state index contributed by atoms with van der Waals surface area (Å²) in [5.41, 5.74) is 1.43. The second-order valence-corrected chi connectivity index (χ2v) is 10.1. The lowest BCUT2D eigenvalue weighted by atomic mass is 9.61. The van der Waals surface area contributed by atoms with E-state index in [2.05, 4.69) is 60.3 Å². The van der Waals surface area contributed by atoms with Gasteiger partial charge in [0, 0.05) is 22.5 Å². The Labute approximate surface area is 168 Å². The summed E-state index contributed by atoms with van der Waals surface area (Å²) in [5, 5.41) is 0. The minimum Gasteiger partial charge on any atom is -0.372 e. The highest BCUT2D eigenvalue weighted by Crippen LogP contribution is 2.57. The molecule has 3 heteroatoms. The number of Topliss-reactive ketones (excluding diaryl/α,β-unsaturated/α-hetero) is 1. The lowest BCUT2D eigenvalue weighted by Gasteiger charge is -2.41. The van der Waals surface area contributed by atoms with Crippen molar-refractivity contribution in [2.45, 2.75) is 47.6 Å². The van der Waals surface area contributed by atoms with Crippen LogP contribution in [-0.4, -0.2) is 12.4 Å². The molecule has 1 aliphatic carbocycles. The molecule has 1 aromatic rings. The van der Waals surface area contributed by atoms with Crippen molar-refractivity contribution < 1.29 is 13.9 Å². The van der Waals surface area contributed by atoms with Crippen molar-refractivity contribution in [2.75, 3.05) is 6.61 Å². The molecule has 0 radical (unpaired) electrons.